The smallest absolute Gasteiger partial charge is 0.319 e. The highest BCUT2D eigenvalue weighted by Crippen LogP contribution is 2.37. The third-order valence-corrected chi connectivity index (χ3v) is 2.69. The molecule has 0 aliphatic rings. The van der Waals surface area contributed by atoms with E-state index >= 15 is 0 Å². The van der Waals surface area contributed by atoms with Gasteiger partial charge in [-0.15, -0.1) is 5.11 Å². The van der Waals surface area contributed by atoms with Crippen molar-refractivity contribution in [1.82, 2.24) is 0 Å². The molecular formula is C14H14N4O2. The van der Waals surface area contributed by atoms with Gasteiger partial charge >= 0.3 is 5.69 Å². The highest BCUT2D eigenvalue weighted by molar-refractivity contribution is 5.74. The van der Waals surface area contributed by atoms with Gasteiger partial charge in [-0.05, 0) is 24.3 Å². The lowest BCUT2D eigenvalue weighted by Gasteiger charge is -2.12. The van der Waals surface area contributed by atoms with Crippen LogP contribution in [0.15, 0.2) is 58.8 Å². The number of azo groups is 1. The molecule has 2 aromatic rings. The van der Waals surface area contributed by atoms with Crippen molar-refractivity contribution in [2.24, 2.45) is 10.2 Å². The van der Waals surface area contributed by atoms with Gasteiger partial charge < -0.3 is 4.90 Å². The normalized spacial score (nSPS) is 10.7. The van der Waals surface area contributed by atoms with Gasteiger partial charge in [-0.3, -0.25) is 10.1 Å². The minimum atomic E-state index is -0.436. The minimum absolute atomic E-state index is 0.0443. The van der Waals surface area contributed by atoms with Crippen molar-refractivity contribution in [2.45, 2.75) is 0 Å². The quantitative estimate of drug-likeness (QED) is 0.477. The second-order valence-corrected chi connectivity index (χ2v) is 4.33. The Labute approximate surface area is 116 Å². The molecule has 0 unspecified atom stereocenters. The molecule has 0 heterocycles. The maximum absolute atomic E-state index is 11.2. The zero-order chi connectivity index (χ0) is 14.5. The van der Waals surface area contributed by atoms with Crippen molar-refractivity contribution in [3.63, 3.8) is 0 Å². The molecule has 0 aliphatic carbocycles. The van der Waals surface area contributed by atoms with Gasteiger partial charge in [0.1, 0.15) is 5.69 Å². The topological polar surface area (TPSA) is 71.1 Å². The van der Waals surface area contributed by atoms with Crippen LogP contribution in [0.5, 0.6) is 0 Å². The molecule has 0 N–H and O–H groups in total. The summed E-state index contributed by atoms with van der Waals surface area (Å²) in [6.45, 7) is 0. The van der Waals surface area contributed by atoms with Crippen LogP contribution in [0.4, 0.5) is 22.7 Å². The third-order valence-electron chi connectivity index (χ3n) is 2.69. The number of nitro groups is 1. The first kappa shape index (κ1) is 13.7. The van der Waals surface area contributed by atoms with Crippen molar-refractivity contribution in [1.29, 1.82) is 0 Å². The minimum Gasteiger partial charge on any atom is -0.372 e. The standard InChI is InChI=1S/C14H14N4O2/c1-17(2)13-10-6-9-12(14(13)18(19)20)16-15-11-7-4-3-5-8-11/h3-10H,1-2H3. The number of nitro benzene ring substituents is 1. The molecule has 20 heavy (non-hydrogen) atoms. The molecule has 0 aliphatic heterocycles. The zero-order valence-corrected chi connectivity index (χ0v) is 11.2. The van der Waals surface area contributed by atoms with Gasteiger partial charge in [0.2, 0.25) is 0 Å². The monoisotopic (exact) mass is 270 g/mol. The molecule has 2 rings (SSSR count). The molecule has 0 amide bonds. The Morgan fingerprint density at radius 2 is 1.70 bits per heavy atom. The lowest BCUT2D eigenvalue weighted by atomic mass is 10.2. The van der Waals surface area contributed by atoms with E-state index < -0.39 is 4.92 Å². The fourth-order valence-corrected chi connectivity index (χ4v) is 1.75. The molecule has 0 fully saturated rings. The van der Waals surface area contributed by atoms with Crippen molar-refractivity contribution in [3.05, 3.63) is 58.6 Å². The summed E-state index contributed by atoms with van der Waals surface area (Å²) in [7, 11) is 3.50. The SMILES string of the molecule is CN(C)c1cccc(N=Nc2ccccc2)c1[N+](=O)[O-]. The van der Waals surface area contributed by atoms with E-state index in [1.165, 1.54) is 0 Å². The zero-order valence-electron chi connectivity index (χ0n) is 11.2. The predicted octanol–water partition coefficient (Wildman–Crippen LogP) is 4.08. The van der Waals surface area contributed by atoms with Crippen LogP contribution in [0.3, 0.4) is 0 Å². The molecule has 102 valence electrons. The summed E-state index contributed by atoms with van der Waals surface area (Å²) in [5, 5.41) is 19.3. The third kappa shape index (κ3) is 2.97. The average molecular weight is 270 g/mol. The van der Waals surface area contributed by atoms with Crippen molar-refractivity contribution in [2.75, 3.05) is 19.0 Å². The van der Waals surface area contributed by atoms with Gasteiger partial charge in [-0.25, -0.2) is 0 Å². The van der Waals surface area contributed by atoms with Gasteiger partial charge in [-0.1, -0.05) is 24.3 Å². The Balaban J connectivity index is 2.44. The highest BCUT2D eigenvalue weighted by Gasteiger charge is 2.20. The van der Waals surface area contributed by atoms with Crippen LogP contribution in [0, 0.1) is 10.1 Å². The van der Waals surface area contributed by atoms with E-state index in [4.69, 9.17) is 0 Å². The number of hydrogen-bond donors (Lipinski definition) is 0. The van der Waals surface area contributed by atoms with Crippen LogP contribution in [0.1, 0.15) is 0 Å². The summed E-state index contributed by atoms with van der Waals surface area (Å²) in [5.41, 5.74) is 1.35. The maximum atomic E-state index is 11.2. The molecule has 0 spiro atoms. The molecule has 0 radical (unpaired) electrons. The van der Waals surface area contributed by atoms with E-state index in [0.717, 1.165) is 0 Å². The number of benzene rings is 2. The van der Waals surface area contributed by atoms with Gasteiger partial charge in [0.15, 0.2) is 5.69 Å². The Kier molecular flexibility index (Phi) is 4.05. The van der Waals surface area contributed by atoms with E-state index in [0.29, 0.717) is 11.4 Å². The van der Waals surface area contributed by atoms with Crippen molar-refractivity contribution in [3.8, 4) is 0 Å². The number of para-hydroxylation sites is 1. The van der Waals surface area contributed by atoms with Crippen LogP contribution < -0.4 is 4.90 Å². The largest absolute Gasteiger partial charge is 0.372 e. The van der Waals surface area contributed by atoms with Gasteiger partial charge in [-0.2, -0.15) is 5.11 Å². The van der Waals surface area contributed by atoms with E-state index in [9.17, 15) is 10.1 Å². The van der Waals surface area contributed by atoms with Gasteiger partial charge in [0, 0.05) is 14.1 Å². The van der Waals surface area contributed by atoms with E-state index in [-0.39, 0.29) is 11.4 Å². The molecule has 2 aromatic carbocycles. The Bertz CT molecular complexity index is 639. The van der Waals surface area contributed by atoms with Crippen LogP contribution in [0.2, 0.25) is 0 Å². The van der Waals surface area contributed by atoms with E-state index in [1.54, 1.807) is 49.3 Å². The lowest BCUT2D eigenvalue weighted by molar-refractivity contribution is -0.383. The molecule has 0 bridgehead atoms. The summed E-state index contributed by atoms with van der Waals surface area (Å²) < 4.78 is 0. The van der Waals surface area contributed by atoms with Crippen LogP contribution in [-0.4, -0.2) is 19.0 Å². The highest BCUT2D eigenvalue weighted by atomic mass is 16.6. The summed E-state index contributed by atoms with van der Waals surface area (Å²) in [6.07, 6.45) is 0. The maximum Gasteiger partial charge on any atom is 0.319 e. The van der Waals surface area contributed by atoms with Crippen molar-refractivity contribution < 1.29 is 4.92 Å². The molecule has 6 heteroatoms. The first-order chi connectivity index (χ1) is 9.59. The van der Waals surface area contributed by atoms with E-state index in [2.05, 4.69) is 10.2 Å². The Morgan fingerprint density at radius 3 is 2.30 bits per heavy atom. The first-order valence-corrected chi connectivity index (χ1v) is 6.01. The van der Waals surface area contributed by atoms with E-state index in [1.807, 2.05) is 18.2 Å². The lowest BCUT2D eigenvalue weighted by Crippen LogP contribution is -2.10. The van der Waals surface area contributed by atoms with Gasteiger partial charge in [0.05, 0.1) is 10.6 Å². The molecule has 0 aromatic heterocycles. The molecular weight excluding hydrogens is 256 g/mol. The van der Waals surface area contributed by atoms with Crippen LogP contribution in [-0.2, 0) is 0 Å². The molecule has 6 nitrogen and oxygen atoms in total. The number of rotatable bonds is 4. The first-order valence-electron chi connectivity index (χ1n) is 6.01. The number of anilines is 1. The summed E-state index contributed by atoms with van der Waals surface area (Å²) in [6, 6.07) is 14.1. The average Bonchev–Trinajstić information content (AvgIpc) is 2.45. The molecule has 0 saturated carbocycles. The molecule has 0 atom stereocenters. The number of nitrogens with zero attached hydrogens (tertiary/aromatic N) is 4. The van der Waals surface area contributed by atoms with Gasteiger partial charge in [0.25, 0.3) is 0 Å². The van der Waals surface area contributed by atoms with Crippen LogP contribution in [0.25, 0.3) is 0 Å². The summed E-state index contributed by atoms with van der Waals surface area (Å²) in [5.74, 6) is 0. The fraction of sp³-hybridized carbons (Fsp3) is 0.143. The fourth-order valence-electron chi connectivity index (χ4n) is 1.75. The number of hydrogen-bond acceptors (Lipinski definition) is 5. The molecule has 0 saturated heterocycles. The Hall–Kier alpha value is -2.76. The summed E-state index contributed by atoms with van der Waals surface area (Å²) in [4.78, 5) is 12.5. The predicted molar refractivity (Wildman–Crippen MR) is 78.0 cm³/mol. The van der Waals surface area contributed by atoms with Crippen LogP contribution >= 0.6 is 0 Å². The second-order valence-electron chi connectivity index (χ2n) is 4.33. The summed E-state index contributed by atoms with van der Waals surface area (Å²) >= 11 is 0. The van der Waals surface area contributed by atoms with Crippen molar-refractivity contribution >= 4 is 22.7 Å². The Morgan fingerprint density at radius 1 is 1.00 bits per heavy atom. The second kappa shape index (κ2) is 5.92.